The standard InChI is InChI=1S/C38H52ClIN6O8/c1-37(2,3)54-36(49)44-15-10-38(11-16-44)29-8-13-41-25-32(29)46(35(38)48)26-33-43-30-24-28(39)6-7-31(30)45(33)14-5-4-12-42-34(47)9-17-50-18-19-51-20-21-52-22-23-53-27-40/h6-8,13,24-25H,4-5,9-12,14-23,26-27H2,1-3H3,(H,42,47). The van der Waals surface area contributed by atoms with Crippen molar-refractivity contribution in [1.29, 1.82) is 0 Å². The number of fused-ring (bicyclic) bond motifs is 3. The van der Waals surface area contributed by atoms with Crippen molar-refractivity contribution in [3.63, 3.8) is 0 Å². The average molecular weight is 883 g/mol. The van der Waals surface area contributed by atoms with Crippen LogP contribution in [0.15, 0.2) is 36.7 Å². The third-order valence-electron chi connectivity index (χ3n) is 9.42. The number of alkyl halides is 1. The summed E-state index contributed by atoms with van der Waals surface area (Å²) in [6, 6.07) is 7.56. The van der Waals surface area contributed by atoms with Gasteiger partial charge in [-0.05, 0) is 76.3 Å². The number of hydrogen-bond donors (Lipinski definition) is 1. The van der Waals surface area contributed by atoms with Crippen molar-refractivity contribution in [3.05, 3.63) is 53.1 Å². The molecule has 0 unspecified atom stereocenters. The van der Waals surface area contributed by atoms with Crippen LogP contribution in [0.3, 0.4) is 0 Å². The summed E-state index contributed by atoms with van der Waals surface area (Å²) in [5, 5.41) is 3.56. The number of likely N-dealkylation sites (tertiary alicyclic amines) is 1. The summed E-state index contributed by atoms with van der Waals surface area (Å²) in [7, 11) is 0. The maximum atomic E-state index is 14.4. The number of benzene rings is 1. The van der Waals surface area contributed by atoms with Crippen LogP contribution in [0, 0.1) is 0 Å². The SMILES string of the molecule is CC(C)(C)OC(=O)N1CCC2(CC1)C(=O)N(Cc1nc3cc(Cl)ccc3n1CCCCNC(=O)CCOCCOCCOCCOCI)c1cnccc12. The van der Waals surface area contributed by atoms with Gasteiger partial charge < -0.3 is 43.4 Å². The van der Waals surface area contributed by atoms with E-state index in [1.807, 2.05) is 45.0 Å². The second-order valence-corrected chi connectivity index (χ2v) is 15.4. The number of imidazole rings is 1. The van der Waals surface area contributed by atoms with Crippen LogP contribution < -0.4 is 10.2 Å². The summed E-state index contributed by atoms with van der Waals surface area (Å²) >= 11 is 8.50. The first kappa shape index (κ1) is 42.1. The number of halogens is 2. The summed E-state index contributed by atoms with van der Waals surface area (Å²) in [4.78, 5) is 52.5. The lowest BCUT2D eigenvalue weighted by Gasteiger charge is -2.38. The van der Waals surface area contributed by atoms with Gasteiger partial charge >= 0.3 is 6.09 Å². The zero-order valence-corrected chi connectivity index (χ0v) is 34.4. The number of piperidine rings is 1. The van der Waals surface area contributed by atoms with E-state index in [4.69, 9.17) is 40.3 Å². The number of hydrogen-bond acceptors (Lipinski definition) is 10. The number of aromatic nitrogens is 3. The van der Waals surface area contributed by atoms with Gasteiger partial charge in [-0.25, -0.2) is 9.78 Å². The molecule has 16 heteroatoms. The van der Waals surface area contributed by atoms with Gasteiger partial charge in [0, 0.05) is 43.8 Å². The Morgan fingerprint density at radius 3 is 2.33 bits per heavy atom. The Hall–Kier alpha value is -3.09. The summed E-state index contributed by atoms with van der Waals surface area (Å²) in [5.41, 5.74) is 2.02. The van der Waals surface area contributed by atoms with Gasteiger partial charge in [0.25, 0.3) is 0 Å². The minimum Gasteiger partial charge on any atom is -0.444 e. The Morgan fingerprint density at radius 1 is 0.963 bits per heavy atom. The van der Waals surface area contributed by atoms with E-state index in [0.29, 0.717) is 94.9 Å². The lowest BCUT2D eigenvalue weighted by molar-refractivity contribution is -0.125. The van der Waals surface area contributed by atoms with Gasteiger partial charge in [-0.2, -0.15) is 0 Å². The third kappa shape index (κ3) is 11.2. The Labute approximate surface area is 335 Å². The lowest BCUT2D eigenvalue weighted by Crippen LogP contribution is -2.51. The molecule has 3 aromatic rings. The van der Waals surface area contributed by atoms with Crippen LogP contribution >= 0.6 is 34.2 Å². The van der Waals surface area contributed by atoms with Crippen molar-refractivity contribution in [2.45, 2.75) is 77.0 Å². The molecule has 1 spiro atoms. The van der Waals surface area contributed by atoms with Gasteiger partial charge in [0.2, 0.25) is 11.8 Å². The van der Waals surface area contributed by atoms with E-state index in [-0.39, 0.29) is 30.9 Å². The van der Waals surface area contributed by atoms with Crippen molar-refractivity contribution < 1.29 is 38.1 Å². The quantitative estimate of drug-likeness (QED) is 0.0860. The maximum absolute atomic E-state index is 14.4. The molecule has 54 heavy (non-hydrogen) atoms. The predicted octanol–water partition coefficient (Wildman–Crippen LogP) is 5.65. The van der Waals surface area contributed by atoms with Crippen molar-refractivity contribution in [1.82, 2.24) is 24.8 Å². The Bertz CT molecular complexity index is 1710. The van der Waals surface area contributed by atoms with E-state index in [2.05, 4.69) is 37.5 Å². The molecule has 5 rings (SSSR count). The zero-order chi connectivity index (χ0) is 38.6. The largest absolute Gasteiger partial charge is 0.444 e. The molecule has 2 aliphatic rings. The molecule has 0 saturated carbocycles. The van der Waals surface area contributed by atoms with Gasteiger partial charge in [-0.3, -0.25) is 14.6 Å². The van der Waals surface area contributed by atoms with Crippen LogP contribution in [-0.4, -0.2) is 113 Å². The second kappa shape index (κ2) is 20.2. The maximum Gasteiger partial charge on any atom is 0.410 e. The lowest BCUT2D eigenvalue weighted by atomic mass is 9.74. The van der Waals surface area contributed by atoms with E-state index in [1.165, 1.54) is 0 Å². The van der Waals surface area contributed by atoms with Gasteiger partial charge in [-0.1, -0.05) is 34.2 Å². The fourth-order valence-corrected chi connectivity index (χ4v) is 7.26. The summed E-state index contributed by atoms with van der Waals surface area (Å²) in [5.74, 6) is 0.661. The van der Waals surface area contributed by atoms with Crippen molar-refractivity contribution in [2.24, 2.45) is 0 Å². The van der Waals surface area contributed by atoms with Crippen LogP contribution in [0.25, 0.3) is 11.0 Å². The monoisotopic (exact) mass is 882 g/mol. The molecule has 3 amide bonds. The van der Waals surface area contributed by atoms with E-state index >= 15 is 0 Å². The van der Waals surface area contributed by atoms with E-state index < -0.39 is 11.0 Å². The number of rotatable bonds is 20. The number of unbranched alkanes of at least 4 members (excludes halogenated alkanes) is 1. The number of nitrogens with zero attached hydrogens (tertiary/aromatic N) is 5. The van der Waals surface area contributed by atoms with Crippen molar-refractivity contribution >= 4 is 68.8 Å². The highest BCUT2D eigenvalue weighted by molar-refractivity contribution is 14.1. The van der Waals surface area contributed by atoms with Gasteiger partial charge in [0.15, 0.2) is 0 Å². The van der Waals surface area contributed by atoms with Crippen LogP contribution in [0.1, 0.15) is 64.3 Å². The molecular weight excluding hydrogens is 831 g/mol. The Kier molecular flexibility index (Phi) is 15.7. The first-order valence-electron chi connectivity index (χ1n) is 18.5. The van der Waals surface area contributed by atoms with E-state index in [1.54, 1.807) is 22.2 Å². The van der Waals surface area contributed by atoms with Gasteiger partial charge in [0.05, 0.1) is 85.7 Å². The van der Waals surface area contributed by atoms with Gasteiger partial charge in [-0.15, -0.1) is 0 Å². The van der Waals surface area contributed by atoms with Crippen molar-refractivity contribution in [3.8, 4) is 0 Å². The number of carbonyl (C=O) groups excluding carboxylic acids is 3. The van der Waals surface area contributed by atoms with Crippen LogP contribution in [-0.2, 0) is 51.8 Å². The molecule has 4 heterocycles. The molecule has 0 radical (unpaired) electrons. The molecule has 14 nitrogen and oxygen atoms in total. The molecular formula is C38H52ClIN6O8. The van der Waals surface area contributed by atoms with Crippen molar-refractivity contribution in [2.75, 3.05) is 75.4 Å². The predicted molar refractivity (Wildman–Crippen MR) is 213 cm³/mol. The number of anilines is 1. The van der Waals surface area contributed by atoms with E-state index in [9.17, 15) is 14.4 Å². The number of nitrogens with one attached hydrogen (secondary N) is 1. The summed E-state index contributed by atoms with van der Waals surface area (Å²) < 4.78 is 30.0. The fourth-order valence-electron chi connectivity index (χ4n) is 6.78. The molecule has 0 aliphatic carbocycles. The number of amides is 3. The van der Waals surface area contributed by atoms with E-state index in [0.717, 1.165) is 41.0 Å². The smallest absolute Gasteiger partial charge is 0.410 e. The molecule has 2 aliphatic heterocycles. The van der Waals surface area contributed by atoms with Crippen LogP contribution in [0.4, 0.5) is 10.5 Å². The molecule has 1 fully saturated rings. The zero-order valence-electron chi connectivity index (χ0n) is 31.5. The van der Waals surface area contributed by atoms with Crippen LogP contribution in [0.5, 0.6) is 0 Å². The van der Waals surface area contributed by atoms with Gasteiger partial charge in [0.1, 0.15) is 11.4 Å². The molecule has 1 saturated heterocycles. The molecule has 1 N–H and O–H groups in total. The highest BCUT2D eigenvalue weighted by Gasteiger charge is 2.53. The molecule has 0 bridgehead atoms. The number of carbonyl (C=O) groups is 3. The summed E-state index contributed by atoms with van der Waals surface area (Å²) in [6.07, 6.45) is 5.90. The minimum atomic E-state index is -0.757. The molecule has 1 aromatic carbocycles. The molecule has 296 valence electrons. The summed E-state index contributed by atoms with van der Waals surface area (Å²) in [6.45, 7) is 11.1. The number of pyridine rings is 1. The highest BCUT2D eigenvalue weighted by atomic mass is 127. The third-order valence-corrected chi connectivity index (χ3v) is 10.1. The number of aryl methyl sites for hydroxylation is 1. The topological polar surface area (TPSA) is 147 Å². The molecule has 0 atom stereocenters. The number of ether oxygens (including phenoxy) is 5. The average Bonchev–Trinajstić information content (AvgIpc) is 3.58. The Morgan fingerprint density at radius 2 is 1.65 bits per heavy atom. The Balaban J connectivity index is 1.11. The second-order valence-electron chi connectivity index (χ2n) is 14.3. The minimum absolute atomic E-state index is 0.0105. The first-order valence-corrected chi connectivity index (χ1v) is 20.5. The first-order chi connectivity index (χ1) is 26.0. The van der Waals surface area contributed by atoms with Crippen LogP contribution in [0.2, 0.25) is 5.02 Å². The highest BCUT2D eigenvalue weighted by Crippen LogP contribution is 2.48. The fraction of sp³-hybridized carbons (Fsp3) is 0.605. The normalized spacial score (nSPS) is 15.3. The molecule has 2 aromatic heterocycles.